The van der Waals surface area contributed by atoms with Gasteiger partial charge in [-0.2, -0.15) is 13.2 Å². The van der Waals surface area contributed by atoms with Crippen LogP contribution in [0.3, 0.4) is 0 Å². The molecule has 0 bridgehead atoms. The Bertz CT molecular complexity index is 955. The molecule has 4 N–H and O–H groups in total. The number of hydrogen-bond acceptors (Lipinski definition) is 7. The maximum absolute atomic E-state index is 14.2. The van der Waals surface area contributed by atoms with Gasteiger partial charge < -0.3 is 16.2 Å². The van der Waals surface area contributed by atoms with E-state index in [9.17, 15) is 22.7 Å². The lowest BCUT2D eigenvalue weighted by molar-refractivity contribution is -0.138. The number of hydrogen-bond donors (Lipinski definition) is 3. The van der Waals surface area contributed by atoms with E-state index in [1.54, 1.807) is 12.3 Å². The molecule has 0 radical (unpaired) electrons. The highest BCUT2D eigenvalue weighted by molar-refractivity contribution is 7.98. The molecule has 162 valence electrons. The Morgan fingerprint density at radius 3 is 2.57 bits per heavy atom. The average Bonchev–Trinajstić information content (AvgIpc) is 2.65. The summed E-state index contributed by atoms with van der Waals surface area (Å²) in [5.74, 6) is -0.850. The van der Waals surface area contributed by atoms with Gasteiger partial charge in [0.25, 0.3) is 0 Å². The number of aliphatic hydroxyl groups is 1. The third-order valence-electron chi connectivity index (χ3n) is 3.68. The minimum Gasteiger partial charge on any atom is -0.404 e. The molecule has 0 amide bonds. The lowest BCUT2D eigenvalue weighted by Gasteiger charge is -2.15. The molecule has 0 spiro atoms. The third kappa shape index (κ3) is 6.42. The van der Waals surface area contributed by atoms with Gasteiger partial charge in [-0.05, 0) is 38.3 Å². The van der Waals surface area contributed by atoms with Crippen molar-refractivity contribution >= 4 is 35.2 Å². The Morgan fingerprint density at radius 2 is 2.03 bits per heavy atom. The van der Waals surface area contributed by atoms with Crippen LogP contribution in [-0.4, -0.2) is 39.7 Å². The molecule has 0 aliphatic carbocycles. The fourth-order valence-corrected chi connectivity index (χ4v) is 2.69. The maximum atomic E-state index is 14.2. The summed E-state index contributed by atoms with van der Waals surface area (Å²) < 4.78 is 54.5. The number of anilines is 2. The highest BCUT2D eigenvalue weighted by atomic mass is 32.2. The van der Waals surface area contributed by atoms with E-state index in [1.165, 1.54) is 37.7 Å². The maximum Gasteiger partial charge on any atom is 0.419 e. The number of thioether (sulfide) groups is 1. The molecule has 0 atom stereocenters. The van der Waals surface area contributed by atoms with Crippen LogP contribution in [0.25, 0.3) is 5.57 Å². The monoisotopic (exact) mass is 443 g/mol. The van der Waals surface area contributed by atoms with Crippen molar-refractivity contribution in [2.24, 2.45) is 10.7 Å². The number of nitrogens with one attached hydrogen (secondary N) is 1. The molecule has 1 aromatic heterocycles. The Kier molecular flexibility index (Phi) is 7.43. The van der Waals surface area contributed by atoms with E-state index in [4.69, 9.17) is 5.73 Å². The van der Waals surface area contributed by atoms with E-state index < -0.39 is 28.9 Å². The number of allylic oxidation sites excluding steroid dienone is 1. The van der Waals surface area contributed by atoms with E-state index in [-0.39, 0.29) is 23.8 Å². The summed E-state index contributed by atoms with van der Waals surface area (Å²) in [6.45, 7) is 2.94. The summed E-state index contributed by atoms with van der Waals surface area (Å²) in [6.07, 6.45) is -0.368. The number of alkyl halides is 3. The molecule has 0 fully saturated rings. The SMILES string of the molecule is CSc1ccc(Nc2ncc(C(F)(F)F)c(/C(C=NCC(C)(C)O)=C/N)n2)c(F)c1. The van der Waals surface area contributed by atoms with Crippen LogP contribution in [0.4, 0.5) is 29.2 Å². The van der Waals surface area contributed by atoms with Gasteiger partial charge in [0.2, 0.25) is 5.95 Å². The average molecular weight is 443 g/mol. The van der Waals surface area contributed by atoms with E-state index in [2.05, 4.69) is 20.3 Å². The fourth-order valence-electron chi connectivity index (χ4n) is 2.26. The van der Waals surface area contributed by atoms with Crippen molar-refractivity contribution in [1.82, 2.24) is 9.97 Å². The molecule has 0 aliphatic heterocycles. The van der Waals surface area contributed by atoms with Gasteiger partial charge in [0.15, 0.2) is 0 Å². The van der Waals surface area contributed by atoms with Gasteiger partial charge in [0.1, 0.15) is 11.4 Å². The predicted octanol–water partition coefficient (Wildman–Crippen LogP) is 4.24. The van der Waals surface area contributed by atoms with E-state index in [0.717, 1.165) is 12.4 Å². The highest BCUT2D eigenvalue weighted by Crippen LogP contribution is 2.34. The molecule has 11 heteroatoms. The summed E-state index contributed by atoms with van der Waals surface area (Å²) >= 11 is 1.34. The molecule has 2 aromatic rings. The second kappa shape index (κ2) is 9.43. The number of halogens is 4. The Balaban J connectivity index is 2.44. The summed E-state index contributed by atoms with van der Waals surface area (Å²) in [5.41, 5.74) is 2.57. The molecule has 0 aliphatic rings. The number of nitrogens with two attached hydrogens (primary N) is 1. The first kappa shape index (κ1) is 23.6. The van der Waals surface area contributed by atoms with E-state index in [1.807, 2.05) is 0 Å². The van der Waals surface area contributed by atoms with Crippen LogP contribution < -0.4 is 11.1 Å². The Morgan fingerprint density at radius 1 is 1.33 bits per heavy atom. The van der Waals surface area contributed by atoms with Crippen LogP contribution in [-0.2, 0) is 6.18 Å². The van der Waals surface area contributed by atoms with Crippen LogP contribution in [0.5, 0.6) is 0 Å². The van der Waals surface area contributed by atoms with Gasteiger partial charge in [0.05, 0.1) is 23.5 Å². The second-order valence-electron chi connectivity index (χ2n) is 6.83. The van der Waals surface area contributed by atoms with E-state index in [0.29, 0.717) is 11.1 Å². The van der Waals surface area contributed by atoms with Crippen molar-refractivity contribution in [2.75, 3.05) is 18.1 Å². The quantitative estimate of drug-likeness (QED) is 0.337. The third-order valence-corrected chi connectivity index (χ3v) is 4.40. The summed E-state index contributed by atoms with van der Waals surface area (Å²) in [6, 6.07) is 4.37. The minimum atomic E-state index is -4.75. The van der Waals surface area contributed by atoms with Crippen molar-refractivity contribution in [3.05, 3.63) is 47.7 Å². The molecular formula is C19H21F4N5OS. The summed E-state index contributed by atoms with van der Waals surface area (Å²) in [7, 11) is 0. The zero-order chi connectivity index (χ0) is 22.5. The smallest absolute Gasteiger partial charge is 0.404 e. The zero-order valence-electron chi connectivity index (χ0n) is 16.5. The standard InChI is InChI=1S/C19H21F4N5OS/c1-18(2,29)10-25-8-11(7-24)16-13(19(21,22)23)9-26-17(28-16)27-15-5-4-12(30-3)6-14(15)20/h4-9,29H,10,24H2,1-3H3,(H,26,27,28)/b11-7+,25-8?. The molecule has 0 saturated carbocycles. The highest BCUT2D eigenvalue weighted by Gasteiger charge is 2.36. The number of nitrogens with zero attached hydrogens (tertiary/aromatic N) is 3. The molecular weight excluding hydrogens is 422 g/mol. The fraction of sp³-hybridized carbons (Fsp3) is 0.316. The molecule has 1 heterocycles. The van der Waals surface area contributed by atoms with Crippen LogP contribution in [0.2, 0.25) is 0 Å². The number of aliphatic imine (C=N–C) groups is 1. The lowest BCUT2D eigenvalue weighted by atomic mass is 10.1. The van der Waals surface area contributed by atoms with Crippen molar-refractivity contribution < 1.29 is 22.7 Å². The predicted molar refractivity (Wildman–Crippen MR) is 110 cm³/mol. The van der Waals surface area contributed by atoms with Gasteiger partial charge in [0, 0.05) is 29.1 Å². The van der Waals surface area contributed by atoms with Crippen LogP contribution in [0, 0.1) is 5.82 Å². The van der Waals surface area contributed by atoms with Crippen molar-refractivity contribution in [3.63, 3.8) is 0 Å². The number of rotatable bonds is 7. The van der Waals surface area contributed by atoms with Gasteiger partial charge in [-0.1, -0.05) is 0 Å². The van der Waals surface area contributed by atoms with Gasteiger partial charge in [-0.15, -0.1) is 11.8 Å². The molecule has 0 saturated heterocycles. The largest absolute Gasteiger partial charge is 0.419 e. The first-order chi connectivity index (χ1) is 13.9. The topological polar surface area (TPSA) is 96.4 Å². The van der Waals surface area contributed by atoms with Gasteiger partial charge in [-0.25, -0.2) is 14.4 Å². The second-order valence-corrected chi connectivity index (χ2v) is 7.71. The summed E-state index contributed by atoms with van der Waals surface area (Å²) in [5, 5.41) is 12.3. The van der Waals surface area contributed by atoms with Crippen LogP contribution in [0.1, 0.15) is 25.1 Å². The lowest BCUT2D eigenvalue weighted by Crippen LogP contribution is -2.22. The van der Waals surface area contributed by atoms with Gasteiger partial charge in [-0.3, -0.25) is 4.99 Å². The molecule has 2 rings (SSSR count). The number of aromatic nitrogens is 2. The molecule has 1 aromatic carbocycles. The first-order valence-corrected chi connectivity index (χ1v) is 9.86. The summed E-state index contributed by atoms with van der Waals surface area (Å²) in [4.78, 5) is 12.2. The zero-order valence-corrected chi connectivity index (χ0v) is 17.3. The van der Waals surface area contributed by atoms with Crippen molar-refractivity contribution in [2.45, 2.75) is 30.5 Å². The first-order valence-electron chi connectivity index (χ1n) is 8.64. The van der Waals surface area contributed by atoms with Crippen molar-refractivity contribution in [1.29, 1.82) is 0 Å². The van der Waals surface area contributed by atoms with Crippen LogP contribution in [0.15, 0.2) is 40.5 Å². The molecule has 0 unspecified atom stereocenters. The Hall–Kier alpha value is -2.66. The molecule has 6 nitrogen and oxygen atoms in total. The molecule has 30 heavy (non-hydrogen) atoms. The number of benzene rings is 1. The van der Waals surface area contributed by atoms with E-state index >= 15 is 0 Å². The van der Waals surface area contributed by atoms with Crippen LogP contribution >= 0.6 is 11.8 Å². The van der Waals surface area contributed by atoms with Gasteiger partial charge >= 0.3 is 6.18 Å². The minimum absolute atomic E-state index is 0.00693. The normalized spacial score (nSPS) is 13.1. The van der Waals surface area contributed by atoms with Crippen molar-refractivity contribution in [3.8, 4) is 0 Å². The Labute approximate surface area is 175 Å².